The van der Waals surface area contributed by atoms with Gasteiger partial charge in [0.05, 0.1) is 6.42 Å². The molecule has 0 aliphatic carbocycles. The Kier molecular flexibility index (Phi) is 3.23. The molecule has 0 aromatic carbocycles. The topological polar surface area (TPSA) is 101 Å². The van der Waals surface area contributed by atoms with Crippen LogP contribution in [0.4, 0.5) is 0 Å². The van der Waals surface area contributed by atoms with Gasteiger partial charge in [-0.15, -0.1) is 0 Å². The Morgan fingerprint density at radius 2 is 2.20 bits per heavy atom. The van der Waals surface area contributed by atoms with Crippen LogP contribution in [0.5, 0.6) is 0 Å². The second-order valence-corrected chi connectivity index (χ2v) is 4.26. The highest BCUT2D eigenvalue weighted by atomic mass is 32.2. The van der Waals surface area contributed by atoms with Crippen LogP contribution in [0.2, 0.25) is 0 Å². The predicted molar refractivity (Wildman–Crippen MR) is 50.6 cm³/mol. The average molecular weight is 234 g/mol. The van der Waals surface area contributed by atoms with E-state index in [-0.39, 0.29) is 6.42 Å². The van der Waals surface area contributed by atoms with Gasteiger partial charge in [0.15, 0.2) is 0 Å². The minimum absolute atomic E-state index is 0.103. The molecule has 15 heavy (non-hydrogen) atoms. The number of ether oxygens (including phenoxy) is 1. The fourth-order valence-electron chi connectivity index (χ4n) is 1.42. The van der Waals surface area contributed by atoms with E-state index in [0.717, 1.165) is 11.8 Å². The largest absolute Gasteiger partial charge is 0.481 e. The number of thioether (sulfide) groups is 1. The summed E-state index contributed by atoms with van der Waals surface area (Å²) < 4.78 is 4.68. The molecule has 0 saturated carbocycles. The zero-order valence-electron chi connectivity index (χ0n) is 7.93. The summed E-state index contributed by atoms with van der Waals surface area (Å²) >= 11 is 1.16. The molecule has 1 rings (SSSR count). The minimum Gasteiger partial charge on any atom is -0.481 e. The lowest BCUT2D eigenvalue weighted by molar-refractivity contribution is -0.173. The van der Waals surface area contributed by atoms with E-state index >= 15 is 0 Å². The van der Waals surface area contributed by atoms with Gasteiger partial charge in [0.25, 0.3) is 0 Å². The first-order chi connectivity index (χ1) is 6.91. The quantitative estimate of drug-likeness (QED) is 0.658. The van der Waals surface area contributed by atoms with Crippen molar-refractivity contribution in [3.05, 3.63) is 0 Å². The van der Waals surface area contributed by atoms with Crippen LogP contribution < -0.4 is 0 Å². The lowest BCUT2D eigenvalue weighted by Gasteiger charge is -2.19. The van der Waals surface area contributed by atoms with E-state index in [1.165, 1.54) is 0 Å². The van der Waals surface area contributed by atoms with Crippen molar-refractivity contribution in [3.63, 3.8) is 0 Å². The summed E-state index contributed by atoms with van der Waals surface area (Å²) in [6.07, 6.45) is 0.838. The molecule has 84 valence electrons. The molecular formula is C8H10O6S. The molecule has 1 heterocycles. The molecule has 6 nitrogen and oxygen atoms in total. The SMILES string of the molecule is CS[C@@H]1C[C@](CC(=O)O)(C(=O)O)OC1=O. The van der Waals surface area contributed by atoms with Gasteiger partial charge in [0.2, 0.25) is 5.60 Å². The smallest absolute Gasteiger partial charge is 0.348 e. The van der Waals surface area contributed by atoms with E-state index in [2.05, 4.69) is 4.74 Å². The van der Waals surface area contributed by atoms with Gasteiger partial charge in [0.1, 0.15) is 5.25 Å². The van der Waals surface area contributed by atoms with E-state index in [4.69, 9.17) is 10.2 Å². The number of hydrogen-bond donors (Lipinski definition) is 2. The summed E-state index contributed by atoms with van der Waals surface area (Å²) in [4.78, 5) is 32.6. The molecule has 0 amide bonds. The third kappa shape index (κ3) is 2.23. The van der Waals surface area contributed by atoms with Gasteiger partial charge in [-0.25, -0.2) is 4.79 Å². The van der Waals surface area contributed by atoms with E-state index < -0.39 is 35.2 Å². The molecule has 1 aliphatic heterocycles. The van der Waals surface area contributed by atoms with Crippen molar-refractivity contribution in [2.24, 2.45) is 0 Å². The summed E-state index contributed by atoms with van der Waals surface area (Å²) in [5, 5.41) is 16.9. The van der Waals surface area contributed by atoms with Crippen LogP contribution in [0.1, 0.15) is 12.8 Å². The van der Waals surface area contributed by atoms with Crippen molar-refractivity contribution < 1.29 is 29.3 Å². The molecule has 2 atom stereocenters. The number of carbonyl (C=O) groups excluding carboxylic acids is 1. The summed E-state index contributed by atoms with van der Waals surface area (Å²) in [7, 11) is 0. The van der Waals surface area contributed by atoms with Crippen molar-refractivity contribution in [3.8, 4) is 0 Å². The fourth-order valence-corrected chi connectivity index (χ4v) is 2.10. The van der Waals surface area contributed by atoms with Crippen molar-refractivity contribution in [2.45, 2.75) is 23.7 Å². The molecule has 0 unspecified atom stereocenters. The van der Waals surface area contributed by atoms with Crippen LogP contribution in [-0.2, 0) is 19.1 Å². The lowest BCUT2D eigenvalue weighted by atomic mass is 9.96. The Hall–Kier alpha value is -1.24. The maximum Gasteiger partial charge on any atom is 0.348 e. The molecule has 1 aliphatic rings. The van der Waals surface area contributed by atoms with Gasteiger partial charge < -0.3 is 14.9 Å². The summed E-state index contributed by atoms with van der Waals surface area (Å²) in [5.74, 6) is -3.37. The molecule has 7 heteroatoms. The van der Waals surface area contributed by atoms with Crippen LogP contribution in [0.25, 0.3) is 0 Å². The Bertz CT molecular complexity index is 314. The summed E-state index contributed by atoms with van der Waals surface area (Å²) in [6, 6.07) is 0. The zero-order chi connectivity index (χ0) is 11.6. The molecule has 2 N–H and O–H groups in total. The zero-order valence-corrected chi connectivity index (χ0v) is 8.74. The van der Waals surface area contributed by atoms with Crippen LogP contribution in [-0.4, -0.2) is 45.2 Å². The third-order valence-corrected chi connectivity index (χ3v) is 3.11. The number of aliphatic carboxylic acids is 2. The molecule has 0 radical (unpaired) electrons. The predicted octanol–water partition coefficient (Wildman–Crippen LogP) is -0.0370. The minimum atomic E-state index is -1.89. The van der Waals surface area contributed by atoms with E-state index in [1.807, 2.05) is 0 Å². The summed E-state index contributed by atoms with van der Waals surface area (Å²) in [6.45, 7) is 0. The lowest BCUT2D eigenvalue weighted by Crippen LogP contribution is -2.40. The Morgan fingerprint density at radius 3 is 2.53 bits per heavy atom. The van der Waals surface area contributed by atoms with Crippen LogP contribution in [0, 0.1) is 0 Å². The maximum absolute atomic E-state index is 11.2. The van der Waals surface area contributed by atoms with Crippen molar-refractivity contribution in [1.82, 2.24) is 0 Å². The number of esters is 1. The van der Waals surface area contributed by atoms with Gasteiger partial charge in [-0.05, 0) is 6.26 Å². The van der Waals surface area contributed by atoms with Gasteiger partial charge in [-0.3, -0.25) is 9.59 Å². The van der Waals surface area contributed by atoms with E-state index in [1.54, 1.807) is 6.26 Å². The Balaban J connectivity index is 2.91. The Labute approximate surface area is 89.6 Å². The summed E-state index contributed by atoms with van der Waals surface area (Å²) in [5.41, 5.74) is -1.89. The highest BCUT2D eigenvalue weighted by molar-refractivity contribution is 7.99. The first-order valence-electron chi connectivity index (χ1n) is 4.12. The number of carboxylic acids is 2. The second kappa shape index (κ2) is 4.09. The highest BCUT2D eigenvalue weighted by Gasteiger charge is 2.53. The molecular weight excluding hydrogens is 224 g/mol. The normalized spacial score (nSPS) is 29.9. The number of carbonyl (C=O) groups is 3. The van der Waals surface area contributed by atoms with E-state index in [9.17, 15) is 14.4 Å². The van der Waals surface area contributed by atoms with Gasteiger partial charge in [-0.2, -0.15) is 11.8 Å². The fraction of sp³-hybridized carbons (Fsp3) is 0.625. The Morgan fingerprint density at radius 1 is 1.60 bits per heavy atom. The van der Waals surface area contributed by atoms with Crippen LogP contribution in [0.15, 0.2) is 0 Å². The van der Waals surface area contributed by atoms with Crippen molar-refractivity contribution in [1.29, 1.82) is 0 Å². The molecule has 0 bridgehead atoms. The van der Waals surface area contributed by atoms with Crippen LogP contribution >= 0.6 is 11.8 Å². The third-order valence-electron chi connectivity index (χ3n) is 2.19. The van der Waals surface area contributed by atoms with E-state index in [0.29, 0.717) is 0 Å². The molecule has 0 aromatic heterocycles. The van der Waals surface area contributed by atoms with Gasteiger partial charge in [-0.1, -0.05) is 0 Å². The molecule has 1 saturated heterocycles. The van der Waals surface area contributed by atoms with Crippen LogP contribution in [0.3, 0.4) is 0 Å². The molecule has 0 aromatic rings. The van der Waals surface area contributed by atoms with Crippen molar-refractivity contribution >= 4 is 29.7 Å². The second-order valence-electron chi connectivity index (χ2n) is 3.22. The number of hydrogen-bond acceptors (Lipinski definition) is 5. The van der Waals surface area contributed by atoms with Gasteiger partial charge in [0, 0.05) is 6.42 Å². The number of rotatable bonds is 4. The monoisotopic (exact) mass is 234 g/mol. The molecule has 0 spiro atoms. The first kappa shape index (κ1) is 11.8. The standard InChI is InChI=1S/C8H10O6S/c1-15-4-2-8(7(12)13,3-5(9)10)14-6(4)11/h4H,2-3H2,1H3,(H,9,10)(H,12,13)/t4-,8+/m1/s1. The first-order valence-corrected chi connectivity index (χ1v) is 5.41. The molecule has 1 fully saturated rings. The van der Waals surface area contributed by atoms with Crippen molar-refractivity contribution in [2.75, 3.05) is 6.26 Å². The number of carboxylic acid groups (broad SMARTS) is 2. The van der Waals surface area contributed by atoms with Gasteiger partial charge >= 0.3 is 17.9 Å². The average Bonchev–Trinajstić information content (AvgIpc) is 2.42. The number of cyclic esters (lactones) is 1. The highest BCUT2D eigenvalue weighted by Crippen LogP contribution is 2.35. The maximum atomic E-state index is 11.2.